The maximum absolute atomic E-state index is 12.4. The Labute approximate surface area is 160 Å². The van der Waals surface area contributed by atoms with E-state index in [9.17, 15) is 9.59 Å². The minimum atomic E-state index is -0.223. The van der Waals surface area contributed by atoms with Gasteiger partial charge in [-0.05, 0) is 55.0 Å². The van der Waals surface area contributed by atoms with E-state index >= 15 is 0 Å². The molecule has 1 aliphatic carbocycles. The zero-order valence-electron chi connectivity index (χ0n) is 16.0. The lowest BCUT2D eigenvalue weighted by Crippen LogP contribution is -2.25. The Hall–Kier alpha value is -2.82. The fourth-order valence-corrected chi connectivity index (χ4v) is 2.89. The van der Waals surface area contributed by atoms with Gasteiger partial charge in [0.2, 0.25) is 0 Å². The largest absolute Gasteiger partial charge is 0.484 e. The van der Waals surface area contributed by atoms with Crippen LogP contribution in [0.4, 0.5) is 5.69 Å². The molecule has 2 aromatic carbocycles. The molecule has 0 spiro atoms. The van der Waals surface area contributed by atoms with Crippen LogP contribution in [-0.2, 0) is 4.79 Å². The van der Waals surface area contributed by atoms with Crippen molar-refractivity contribution in [2.45, 2.75) is 45.6 Å². The second-order valence-corrected chi connectivity index (χ2v) is 7.31. The number of hydrogen-bond donors (Lipinski definition) is 2. The van der Waals surface area contributed by atoms with Crippen molar-refractivity contribution in [3.8, 4) is 5.75 Å². The van der Waals surface area contributed by atoms with Crippen molar-refractivity contribution in [2.75, 3.05) is 11.9 Å². The Kier molecular flexibility index (Phi) is 5.79. The van der Waals surface area contributed by atoms with E-state index in [2.05, 4.69) is 24.5 Å². The standard InChI is InChI=1S/C22H26N2O3/c1-14(2)19-9-4-6-15(3)21(19)24-20(25)13-27-18-8-5-7-16(12-18)22(26)23-17-10-11-17/h4-9,12,14,17H,10-11,13H2,1-3H3,(H,23,26)(H,24,25). The molecule has 5 nitrogen and oxygen atoms in total. The van der Waals surface area contributed by atoms with E-state index in [1.54, 1.807) is 24.3 Å². The summed E-state index contributed by atoms with van der Waals surface area (Å²) < 4.78 is 5.60. The van der Waals surface area contributed by atoms with Crippen LogP contribution < -0.4 is 15.4 Å². The molecule has 1 fully saturated rings. The Morgan fingerprint density at radius 3 is 2.59 bits per heavy atom. The predicted molar refractivity (Wildman–Crippen MR) is 106 cm³/mol. The number of ether oxygens (including phenoxy) is 1. The lowest BCUT2D eigenvalue weighted by atomic mass is 9.98. The van der Waals surface area contributed by atoms with Gasteiger partial charge in [0.15, 0.2) is 6.61 Å². The van der Waals surface area contributed by atoms with Crippen LogP contribution in [0.2, 0.25) is 0 Å². The number of carbonyl (C=O) groups is 2. The van der Waals surface area contributed by atoms with Gasteiger partial charge in [-0.15, -0.1) is 0 Å². The van der Waals surface area contributed by atoms with Crippen LogP contribution in [0.5, 0.6) is 5.75 Å². The van der Waals surface area contributed by atoms with Gasteiger partial charge < -0.3 is 15.4 Å². The third-order valence-corrected chi connectivity index (χ3v) is 4.57. The lowest BCUT2D eigenvalue weighted by Gasteiger charge is -2.16. The maximum Gasteiger partial charge on any atom is 0.262 e. The maximum atomic E-state index is 12.4. The molecule has 2 N–H and O–H groups in total. The third kappa shape index (κ3) is 5.09. The van der Waals surface area contributed by atoms with E-state index in [1.807, 2.05) is 25.1 Å². The van der Waals surface area contributed by atoms with Gasteiger partial charge in [-0.25, -0.2) is 0 Å². The summed E-state index contributed by atoms with van der Waals surface area (Å²) in [5, 5.41) is 5.90. The number of anilines is 1. The summed E-state index contributed by atoms with van der Waals surface area (Å²) in [7, 11) is 0. The number of benzene rings is 2. The first-order chi connectivity index (χ1) is 12.9. The first-order valence-electron chi connectivity index (χ1n) is 9.37. The van der Waals surface area contributed by atoms with Crippen molar-refractivity contribution in [2.24, 2.45) is 0 Å². The van der Waals surface area contributed by atoms with Gasteiger partial charge in [-0.2, -0.15) is 0 Å². The van der Waals surface area contributed by atoms with Crippen molar-refractivity contribution in [3.05, 3.63) is 59.2 Å². The van der Waals surface area contributed by atoms with Crippen LogP contribution in [0.1, 0.15) is 54.1 Å². The molecular weight excluding hydrogens is 340 g/mol. The minimum Gasteiger partial charge on any atom is -0.484 e. The van der Waals surface area contributed by atoms with Crippen molar-refractivity contribution in [1.82, 2.24) is 5.32 Å². The normalized spacial score (nSPS) is 13.3. The fourth-order valence-electron chi connectivity index (χ4n) is 2.89. The molecule has 1 aliphatic rings. The van der Waals surface area contributed by atoms with Gasteiger partial charge in [0.1, 0.15) is 5.75 Å². The van der Waals surface area contributed by atoms with Gasteiger partial charge in [0.05, 0.1) is 0 Å². The van der Waals surface area contributed by atoms with Crippen molar-refractivity contribution < 1.29 is 14.3 Å². The van der Waals surface area contributed by atoms with Crippen molar-refractivity contribution >= 4 is 17.5 Å². The second-order valence-electron chi connectivity index (χ2n) is 7.31. The highest BCUT2D eigenvalue weighted by molar-refractivity contribution is 5.95. The van der Waals surface area contributed by atoms with Gasteiger partial charge >= 0.3 is 0 Å². The van der Waals surface area contributed by atoms with Crippen molar-refractivity contribution in [1.29, 1.82) is 0 Å². The second kappa shape index (κ2) is 8.25. The quantitative estimate of drug-likeness (QED) is 0.777. The minimum absolute atomic E-state index is 0.103. The highest BCUT2D eigenvalue weighted by Crippen LogP contribution is 2.27. The summed E-state index contributed by atoms with van der Waals surface area (Å²) >= 11 is 0. The molecule has 0 aromatic heterocycles. The number of para-hydroxylation sites is 1. The Morgan fingerprint density at radius 1 is 1.15 bits per heavy atom. The molecule has 0 aliphatic heterocycles. The molecule has 27 heavy (non-hydrogen) atoms. The van der Waals surface area contributed by atoms with E-state index < -0.39 is 0 Å². The lowest BCUT2D eigenvalue weighted by molar-refractivity contribution is -0.118. The zero-order valence-corrected chi connectivity index (χ0v) is 16.0. The summed E-state index contributed by atoms with van der Waals surface area (Å²) in [4.78, 5) is 24.5. The highest BCUT2D eigenvalue weighted by Gasteiger charge is 2.23. The molecule has 0 unspecified atom stereocenters. The Bertz CT molecular complexity index is 841. The molecule has 2 aromatic rings. The molecule has 3 rings (SSSR count). The predicted octanol–water partition coefficient (Wildman–Crippen LogP) is 4.03. The summed E-state index contributed by atoms with van der Waals surface area (Å²) in [5.41, 5.74) is 3.51. The molecule has 5 heteroatoms. The number of aryl methyl sites for hydroxylation is 1. The van der Waals surface area contributed by atoms with Gasteiger partial charge in [0.25, 0.3) is 11.8 Å². The number of rotatable bonds is 7. The first-order valence-corrected chi connectivity index (χ1v) is 9.37. The molecule has 1 saturated carbocycles. The Morgan fingerprint density at radius 2 is 1.89 bits per heavy atom. The summed E-state index contributed by atoms with van der Waals surface area (Å²) in [6.07, 6.45) is 2.08. The van der Waals surface area contributed by atoms with E-state index in [0.717, 1.165) is 29.7 Å². The molecular formula is C22H26N2O3. The molecule has 0 bridgehead atoms. The molecule has 2 amide bonds. The van der Waals surface area contributed by atoms with Gasteiger partial charge in [-0.3, -0.25) is 9.59 Å². The smallest absolute Gasteiger partial charge is 0.262 e. The van der Waals surface area contributed by atoms with Crippen LogP contribution in [-0.4, -0.2) is 24.5 Å². The first kappa shape index (κ1) is 19.0. The molecule has 0 saturated heterocycles. The monoisotopic (exact) mass is 366 g/mol. The third-order valence-electron chi connectivity index (χ3n) is 4.57. The van der Waals surface area contributed by atoms with E-state index in [1.165, 1.54) is 0 Å². The van der Waals surface area contributed by atoms with Crippen LogP contribution >= 0.6 is 0 Å². The van der Waals surface area contributed by atoms with E-state index in [4.69, 9.17) is 4.74 Å². The molecule has 142 valence electrons. The number of hydrogen-bond acceptors (Lipinski definition) is 3. The molecule has 0 atom stereocenters. The van der Waals surface area contributed by atoms with Crippen LogP contribution in [0.15, 0.2) is 42.5 Å². The van der Waals surface area contributed by atoms with Gasteiger partial charge in [-0.1, -0.05) is 38.1 Å². The Balaban J connectivity index is 1.60. The van der Waals surface area contributed by atoms with E-state index in [-0.39, 0.29) is 18.4 Å². The highest BCUT2D eigenvalue weighted by atomic mass is 16.5. The summed E-state index contributed by atoms with van der Waals surface area (Å²) in [5.74, 6) is 0.484. The average Bonchev–Trinajstić information content (AvgIpc) is 3.45. The average molecular weight is 366 g/mol. The topological polar surface area (TPSA) is 67.4 Å². The van der Waals surface area contributed by atoms with Crippen LogP contribution in [0.25, 0.3) is 0 Å². The SMILES string of the molecule is Cc1cccc(C(C)C)c1NC(=O)COc1cccc(C(=O)NC2CC2)c1. The number of amides is 2. The number of nitrogens with one attached hydrogen (secondary N) is 2. The zero-order chi connectivity index (χ0) is 19.4. The van der Waals surface area contributed by atoms with E-state index in [0.29, 0.717) is 23.3 Å². The summed E-state index contributed by atoms with van der Waals surface area (Å²) in [6.45, 7) is 6.06. The van der Waals surface area contributed by atoms with Crippen LogP contribution in [0, 0.1) is 6.92 Å². The fraction of sp³-hybridized carbons (Fsp3) is 0.364. The van der Waals surface area contributed by atoms with Crippen LogP contribution in [0.3, 0.4) is 0 Å². The number of carbonyl (C=O) groups excluding carboxylic acids is 2. The van der Waals surface area contributed by atoms with Gasteiger partial charge in [0, 0.05) is 17.3 Å². The molecule has 0 radical (unpaired) electrons. The molecule has 0 heterocycles. The summed E-state index contributed by atoms with van der Waals surface area (Å²) in [6, 6.07) is 13.2. The van der Waals surface area contributed by atoms with Crippen molar-refractivity contribution in [3.63, 3.8) is 0 Å².